The molecule has 3 aromatic rings. The molecule has 0 bridgehead atoms. The van der Waals surface area contributed by atoms with Crippen LogP contribution in [0.4, 0.5) is 5.82 Å². The summed E-state index contributed by atoms with van der Waals surface area (Å²) in [6.07, 6.45) is 3.81. The van der Waals surface area contributed by atoms with Gasteiger partial charge < -0.3 is 20.5 Å². The highest BCUT2D eigenvalue weighted by Gasteiger charge is 2.18. The van der Waals surface area contributed by atoms with Gasteiger partial charge in [-0.2, -0.15) is 0 Å². The fraction of sp³-hybridized carbons (Fsp3) is 0.364. The molecule has 10 nitrogen and oxygen atoms in total. The van der Waals surface area contributed by atoms with Crippen molar-refractivity contribution in [2.24, 2.45) is 0 Å². The first-order valence-corrected chi connectivity index (χ1v) is 11.3. The van der Waals surface area contributed by atoms with Crippen LogP contribution in [0.2, 0.25) is 0 Å². The number of aromatic nitrogens is 4. The van der Waals surface area contributed by atoms with Gasteiger partial charge in [0.05, 0.1) is 12.4 Å². The second-order valence-electron chi connectivity index (χ2n) is 7.70. The second-order valence-corrected chi connectivity index (χ2v) is 8.61. The molecule has 11 heteroatoms. The van der Waals surface area contributed by atoms with Gasteiger partial charge in [-0.25, -0.2) is 15.0 Å². The monoisotopic (exact) mass is 515 g/mol. The van der Waals surface area contributed by atoms with Crippen molar-refractivity contribution >= 4 is 50.5 Å². The lowest BCUT2D eigenvalue weighted by molar-refractivity contribution is -0.132. The molecule has 0 aliphatic heterocycles. The summed E-state index contributed by atoms with van der Waals surface area (Å²) in [4.78, 5) is 51.0. The number of carbonyl (C=O) groups is 3. The van der Waals surface area contributed by atoms with Crippen LogP contribution in [0, 0.1) is 0 Å². The Bertz CT molecular complexity index is 1150. The largest absolute Gasteiger partial charge is 0.382 e. The first-order valence-electron chi connectivity index (χ1n) is 10.5. The number of nitrogens with two attached hydrogens (primary N) is 1. The van der Waals surface area contributed by atoms with Gasteiger partial charge in [0, 0.05) is 43.0 Å². The summed E-state index contributed by atoms with van der Waals surface area (Å²) in [6.45, 7) is 2.76. The van der Waals surface area contributed by atoms with Crippen LogP contribution in [0.5, 0.6) is 0 Å². The maximum absolute atomic E-state index is 12.4. The molecule has 0 saturated heterocycles. The first kappa shape index (κ1) is 24.3. The maximum Gasteiger partial charge on any atom is 0.222 e. The maximum atomic E-state index is 12.4. The number of benzene rings is 1. The standard InChI is InChI=1S/C22H26BrN7O3/c1-14(20(33)15-4-6-16(23)7-5-15)28-17(31)8-9-18(32)29(2)10-3-11-30-13-27-19-21(24)25-12-26-22(19)30/h4-7,12-14H,3,8-11H2,1-2H3,(H,28,31)(H2,24,25,26). The summed E-state index contributed by atoms with van der Waals surface area (Å²) in [6, 6.07) is 6.27. The van der Waals surface area contributed by atoms with Crippen molar-refractivity contribution in [2.75, 3.05) is 19.3 Å². The summed E-state index contributed by atoms with van der Waals surface area (Å²) in [5.74, 6) is -0.327. The van der Waals surface area contributed by atoms with Crippen molar-refractivity contribution in [3.05, 3.63) is 47.0 Å². The number of amides is 2. The zero-order chi connectivity index (χ0) is 24.0. The van der Waals surface area contributed by atoms with E-state index in [4.69, 9.17) is 5.73 Å². The average Bonchev–Trinajstić information content (AvgIpc) is 3.21. The molecule has 2 amide bonds. The van der Waals surface area contributed by atoms with Crippen LogP contribution in [0.15, 0.2) is 41.4 Å². The lowest BCUT2D eigenvalue weighted by Crippen LogP contribution is -2.39. The quantitative estimate of drug-likeness (QED) is 0.394. The number of fused-ring (bicyclic) bond motifs is 1. The van der Waals surface area contributed by atoms with Crippen LogP contribution in [0.25, 0.3) is 11.2 Å². The molecule has 0 spiro atoms. The SMILES string of the molecule is CC(NC(=O)CCC(=O)N(C)CCCn1cnc2c(N)ncnc21)C(=O)c1ccc(Br)cc1. The highest BCUT2D eigenvalue weighted by molar-refractivity contribution is 9.10. The van der Waals surface area contributed by atoms with Gasteiger partial charge in [0.15, 0.2) is 17.2 Å². The molecule has 0 fully saturated rings. The van der Waals surface area contributed by atoms with Crippen LogP contribution >= 0.6 is 15.9 Å². The van der Waals surface area contributed by atoms with Crippen molar-refractivity contribution in [3.63, 3.8) is 0 Å². The molecule has 1 aromatic carbocycles. The molecule has 174 valence electrons. The molecule has 3 rings (SSSR count). The summed E-state index contributed by atoms with van der Waals surface area (Å²) >= 11 is 3.32. The smallest absolute Gasteiger partial charge is 0.222 e. The Labute approximate surface area is 199 Å². The number of hydrogen-bond acceptors (Lipinski definition) is 7. The number of halogens is 1. The normalized spacial score (nSPS) is 11.8. The molecule has 33 heavy (non-hydrogen) atoms. The molecule has 2 heterocycles. The number of carbonyl (C=O) groups excluding carboxylic acids is 3. The van der Waals surface area contributed by atoms with E-state index in [1.165, 1.54) is 6.33 Å². The number of imidazole rings is 1. The summed E-state index contributed by atoms with van der Waals surface area (Å²) in [7, 11) is 1.70. The van der Waals surface area contributed by atoms with Crippen LogP contribution in [0.1, 0.15) is 36.5 Å². The molecular formula is C22H26BrN7O3. The fourth-order valence-corrected chi connectivity index (χ4v) is 3.58. The molecule has 0 aliphatic carbocycles. The van der Waals surface area contributed by atoms with E-state index in [-0.39, 0.29) is 30.4 Å². The number of nitrogens with zero attached hydrogens (tertiary/aromatic N) is 5. The topological polar surface area (TPSA) is 136 Å². The van der Waals surface area contributed by atoms with Crippen molar-refractivity contribution < 1.29 is 14.4 Å². The highest BCUT2D eigenvalue weighted by atomic mass is 79.9. The highest BCUT2D eigenvalue weighted by Crippen LogP contribution is 2.15. The third kappa shape index (κ3) is 6.35. The van der Waals surface area contributed by atoms with Crippen molar-refractivity contribution in [1.82, 2.24) is 29.7 Å². The Kier molecular flexibility index (Phi) is 8.10. The number of aryl methyl sites for hydroxylation is 1. The van der Waals surface area contributed by atoms with Crippen LogP contribution in [-0.2, 0) is 16.1 Å². The summed E-state index contributed by atoms with van der Waals surface area (Å²) in [5, 5.41) is 2.67. The van der Waals surface area contributed by atoms with Gasteiger partial charge in [-0.1, -0.05) is 28.1 Å². The zero-order valence-electron chi connectivity index (χ0n) is 18.5. The minimum atomic E-state index is -0.672. The number of anilines is 1. The zero-order valence-corrected chi connectivity index (χ0v) is 20.1. The second kappa shape index (κ2) is 11.0. The van der Waals surface area contributed by atoms with Gasteiger partial charge in [-0.15, -0.1) is 0 Å². The van der Waals surface area contributed by atoms with E-state index in [1.54, 1.807) is 49.5 Å². The Hall–Kier alpha value is -3.34. The molecule has 1 atom stereocenters. The van der Waals surface area contributed by atoms with Crippen LogP contribution in [0.3, 0.4) is 0 Å². The van der Waals surface area contributed by atoms with E-state index in [1.807, 2.05) is 4.57 Å². The number of nitrogen functional groups attached to an aromatic ring is 1. The minimum absolute atomic E-state index is 0.0173. The lowest BCUT2D eigenvalue weighted by atomic mass is 10.1. The molecule has 0 aliphatic rings. The van der Waals surface area contributed by atoms with Crippen LogP contribution < -0.4 is 11.1 Å². The number of rotatable bonds is 10. The molecule has 0 saturated carbocycles. The van der Waals surface area contributed by atoms with Gasteiger partial charge in [0.25, 0.3) is 0 Å². The Morgan fingerprint density at radius 3 is 2.61 bits per heavy atom. The predicted octanol–water partition coefficient (Wildman–Crippen LogP) is 2.19. The van der Waals surface area contributed by atoms with E-state index < -0.39 is 6.04 Å². The lowest BCUT2D eigenvalue weighted by Gasteiger charge is -2.18. The summed E-state index contributed by atoms with van der Waals surface area (Å²) in [5.41, 5.74) is 7.52. The molecule has 1 unspecified atom stereocenters. The molecule has 3 N–H and O–H groups in total. The average molecular weight is 516 g/mol. The number of Topliss-reactive ketones (excluding diaryl/α,β-unsaturated/α-hetero) is 1. The van der Waals surface area contributed by atoms with Crippen molar-refractivity contribution in [3.8, 4) is 0 Å². The van der Waals surface area contributed by atoms with Gasteiger partial charge in [-0.05, 0) is 25.5 Å². The van der Waals surface area contributed by atoms with Gasteiger partial charge >= 0.3 is 0 Å². The van der Waals surface area contributed by atoms with Crippen LogP contribution in [-0.4, -0.2) is 61.7 Å². The molecule has 2 aromatic heterocycles. The third-order valence-corrected chi connectivity index (χ3v) is 5.74. The Morgan fingerprint density at radius 2 is 1.88 bits per heavy atom. The number of hydrogen-bond donors (Lipinski definition) is 2. The van der Waals surface area contributed by atoms with E-state index in [0.717, 1.165) is 4.47 Å². The fourth-order valence-electron chi connectivity index (χ4n) is 3.32. The van der Waals surface area contributed by atoms with Crippen molar-refractivity contribution in [1.29, 1.82) is 0 Å². The van der Waals surface area contributed by atoms with E-state index >= 15 is 0 Å². The van der Waals surface area contributed by atoms with E-state index in [2.05, 4.69) is 36.2 Å². The van der Waals surface area contributed by atoms with Gasteiger partial charge in [0.2, 0.25) is 11.8 Å². The Balaban J connectivity index is 1.40. The van der Waals surface area contributed by atoms with Gasteiger partial charge in [-0.3, -0.25) is 14.4 Å². The van der Waals surface area contributed by atoms with E-state index in [0.29, 0.717) is 42.1 Å². The number of nitrogens with one attached hydrogen (secondary N) is 1. The van der Waals surface area contributed by atoms with Gasteiger partial charge in [0.1, 0.15) is 11.8 Å². The summed E-state index contributed by atoms with van der Waals surface area (Å²) < 4.78 is 2.73. The third-order valence-electron chi connectivity index (χ3n) is 5.21. The van der Waals surface area contributed by atoms with Crippen molar-refractivity contribution in [2.45, 2.75) is 38.8 Å². The molecular weight excluding hydrogens is 490 g/mol. The first-order chi connectivity index (χ1) is 15.8. The van der Waals surface area contributed by atoms with E-state index in [9.17, 15) is 14.4 Å². The Morgan fingerprint density at radius 1 is 1.15 bits per heavy atom. The minimum Gasteiger partial charge on any atom is -0.382 e. The predicted molar refractivity (Wildman–Crippen MR) is 127 cm³/mol. The number of ketones is 1. The molecule has 0 radical (unpaired) electrons.